The first-order valence-corrected chi connectivity index (χ1v) is 7.79. The molecule has 0 saturated heterocycles. The number of nitrogens with zero attached hydrogens (tertiary/aromatic N) is 3. The third-order valence-electron chi connectivity index (χ3n) is 3.36. The molecular formula is C17H24N4O. The molecule has 2 aromatic heterocycles. The minimum absolute atomic E-state index is 0.00353. The number of hydrogen-bond donors (Lipinski definition) is 2. The third-order valence-corrected chi connectivity index (χ3v) is 3.36. The predicted octanol–water partition coefficient (Wildman–Crippen LogP) is 2.92. The van der Waals surface area contributed by atoms with Crippen molar-refractivity contribution in [3.05, 3.63) is 36.2 Å². The largest absolute Gasteiger partial charge is 0.394 e. The second kappa shape index (κ2) is 7.84. The minimum atomic E-state index is -0.00353. The van der Waals surface area contributed by atoms with Crippen LogP contribution in [0.3, 0.4) is 0 Å². The Bertz CT molecular complexity index is 586. The van der Waals surface area contributed by atoms with Crippen LogP contribution >= 0.6 is 0 Å². The van der Waals surface area contributed by atoms with Crippen molar-refractivity contribution in [3.8, 4) is 11.5 Å². The number of nitrogens with one attached hydrogen (secondary N) is 1. The van der Waals surface area contributed by atoms with Gasteiger partial charge in [0, 0.05) is 18.0 Å². The van der Waals surface area contributed by atoms with Gasteiger partial charge in [0.25, 0.3) is 0 Å². The van der Waals surface area contributed by atoms with Gasteiger partial charge in [-0.05, 0) is 30.9 Å². The average Bonchev–Trinajstić information content (AvgIpc) is 2.54. The maximum Gasteiger partial charge on any atom is 0.180 e. The van der Waals surface area contributed by atoms with E-state index < -0.39 is 0 Å². The Labute approximate surface area is 131 Å². The lowest BCUT2D eigenvalue weighted by Crippen LogP contribution is -2.26. The van der Waals surface area contributed by atoms with Crippen molar-refractivity contribution in [2.75, 3.05) is 11.9 Å². The van der Waals surface area contributed by atoms with Gasteiger partial charge in [-0.3, -0.25) is 4.98 Å². The van der Waals surface area contributed by atoms with E-state index in [2.05, 4.69) is 41.0 Å². The van der Waals surface area contributed by atoms with Gasteiger partial charge in [-0.2, -0.15) is 0 Å². The first-order valence-electron chi connectivity index (χ1n) is 7.79. The summed E-state index contributed by atoms with van der Waals surface area (Å²) in [4.78, 5) is 13.4. The van der Waals surface area contributed by atoms with Gasteiger partial charge in [-0.15, -0.1) is 0 Å². The van der Waals surface area contributed by atoms with Crippen molar-refractivity contribution in [1.82, 2.24) is 15.0 Å². The van der Waals surface area contributed by atoms with E-state index >= 15 is 0 Å². The SMILES string of the molecule is CCc1cc(NC(CO)CC(C)C)nc(-c2ccccn2)n1. The first kappa shape index (κ1) is 16.4. The van der Waals surface area contributed by atoms with Gasteiger partial charge in [0.15, 0.2) is 5.82 Å². The van der Waals surface area contributed by atoms with Gasteiger partial charge in [0.1, 0.15) is 11.5 Å². The van der Waals surface area contributed by atoms with E-state index in [9.17, 15) is 5.11 Å². The second-order valence-electron chi connectivity index (χ2n) is 5.79. The van der Waals surface area contributed by atoms with Crippen LogP contribution in [0.2, 0.25) is 0 Å². The number of aliphatic hydroxyl groups excluding tert-OH is 1. The molecule has 0 aromatic carbocycles. The van der Waals surface area contributed by atoms with Crippen molar-refractivity contribution in [1.29, 1.82) is 0 Å². The zero-order chi connectivity index (χ0) is 15.9. The van der Waals surface area contributed by atoms with E-state index in [1.165, 1.54) is 0 Å². The highest BCUT2D eigenvalue weighted by molar-refractivity contribution is 5.53. The monoisotopic (exact) mass is 300 g/mol. The van der Waals surface area contributed by atoms with Gasteiger partial charge in [0.2, 0.25) is 0 Å². The Balaban J connectivity index is 2.28. The van der Waals surface area contributed by atoms with Gasteiger partial charge >= 0.3 is 0 Å². The van der Waals surface area contributed by atoms with Crippen LogP contribution in [0.4, 0.5) is 5.82 Å². The van der Waals surface area contributed by atoms with Gasteiger partial charge in [-0.25, -0.2) is 9.97 Å². The molecule has 2 aromatic rings. The van der Waals surface area contributed by atoms with Crippen LogP contribution in [0.15, 0.2) is 30.5 Å². The number of hydrogen-bond acceptors (Lipinski definition) is 5. The Morgan fingerprint density at radius 1 is 1.23 bits per heavy atom. The Hall–Kier alpha value is -2.01. The van der Waals surface area contributed by atoms with Crippen molar-refractivity contribution in [2.45, 2.75) is 39.7 Å². The lowest BCUT2D eigenvalue weighted by molar-refractivity contribution is 0.259. The molecule has 5 nitrogen and oxygen atoms in total. The van der Waals surface area contributed by atoms with E-state index in [-0.39, 0.29) is 12.6 Å². The van der Waals surface area contributed by atoms with Crippen LogP contribution in [0, 0.1) is 5.92 Å². The zero-order valence-electron chi connectivity index (χ0n) is 13.5. The van der Waals surface area contributed by atoms with Crippen LogP contribution in [0.1, 0.15) is 32.9 Å². The summed E-state index contributed by atoms with van der Waals surface area (Å²) < 4.78 is 0. The summed E-state index contributed by atoms with van der Waals surface area (Å²) in [5, 5.41) is 12.8. The maximum absolute atomic E-state index is 9.53. The molecule has 22 heavy (non-hydrogen) atoms. The molecule has 0 amide bonds. The maximum atomic E-state index is 9.53. The van der Waals surface area contributed by atoms with Crippen molar-refractivity contribution in [2.24, 2.45) is 5.92 Å². The lowest BCUT2D eigenvalue weighted by atomic mass is 10.0. The molecule has 0 saturated carbocycles. The minimum Gasteiger partial charge on any atom is -0.394 e. The van der Waals surface area contributed by atoms with E-state index in [0.29, 0.717) is 11.7 Å². The van der Waals surface area contributed by atoms with Crippen molar-refractivity contribution < 1.29 is 5.11 Å². The number of aliphatic hydroxyl groups is 1. The number of pyridine rings is 1. The van der Waals surface area contributed by atoms with Crippen LogP contribution in [0.5, 0.6) is 0 Å². The molecule has 0 aliphatic heterocycles. The summed E-state index contributed by atoms with van der Waals surface area (Å²) in [6.45, 7) is 6.43. The number of aryl methyl sites for hydroxylation is 1. The molecule has 1 unspecified atom stereocenters. The molecular weight excluding hydrogens is 276 g/mol. The van der Waals surface area contributed by atoms with Crippen LogP contribution in [0.25, 0.3) is 11.5 Å². The Morgan fingerprint density at radius 3 is 2.64 bits per heavy atom. The van der Waals surface area contributed by atoms with E-state index in [1.807, 2.05) is 24.3 Å². The average molecular weight is 300 g/mol. The van der Waals surface area contributed by atoms with Gasteiger partial charge < -0.3 is 10.4 Å². The van der Waals surface area contributed by atoms with E-state index in [0.717, 1.165) is 30.0 Å². The van der Waals surface area contributed by atoms with Gasteiger partial charge in [0.05, 0.1) is 12.6 Å². The zero-order valence-corrected chi connectivity index (χ0v) is 13.5. The normalized spacial score (nSPS) is 12.4. The molecule has 2 N–H and O–H groups in total. The smallest absolute Gasteiger partial charge is 0.180 e. The van der Waals surface area contributed by atoms with Gasteiger partial charge in [-0.1, -0.05) is 26.8 Å². The van der Waals surface area contributed by atoms with Crippen molar-refractivity contribution in [3.63, 3.8) is 0 Å². The van der Waals surface area contributed by atoms with Crippen LogP contribution in [-0.2, 0) is 6.42 Å². The lowest BCUT2D eigenvalue weighted by Gasteiger charge is -2.19. The fraction of sp³-hybridized carbons (Fsp3) is 0.471. The fourth-order valence-electron chi connectivity index (χ4n) is 2.32. The van der Waals surface area contributed by atoms with Crippen molar-refractivity contribution >= 4 is 5.82 Å². The summed E-state index contributed by atoms with van der Waals surface area (Å²) >= 11 is 0. The molecule has 2 rings (SSSR count). The van der Waals surface area contributed by atoms with Crippen LogP contribution in [-0.4, -0.2) is 32.7 Å². The molecule has 118 valence electrons. The second-order valence-corrected chi connectivity index (χ2v) is 5.79. The number of aromatic nitrogens is 3. The van der Waals surface area contributed by atoms with Crippen LogP contribution < -0.4 is 5.32 Å². The Kier molecular flexibility index (Phi) is 5.83. The summed E-state index contributed by atoms with van der Waals surface area (Å²) in [7, 11) is 0. The summed E-state index contributed by atoms with van der Waals surface area (Å²) in [5.74, 6) is 1.86. The standard InChI is InChI=1S/C17H24N4O/c1-4-13-10-16(19-14(11-22)9-12(2)3)21-17(20-13)15-7-5-6-8-18-15/h5-8,10,12,14,22H,4,9,11H2,1-3H3,(H,19,20,21). The third kappa shape index (κ3) is 4.49. The van der Waals surface area contributed by atoms with E-state index in [4.69, 9.17) is 0 Å². The topological polar surface area (TPSA) is 70.9 Å². The number of anilines is 1. The predicted molar refractivity (Wildman–Crippen MR) is 88.6 cm³/mol. The highest BCUT2D eigenvalue weighted by atomic mass is 16.3. The molecule has 0 aliphatic rings. The summed E-state index contributed by atoms with van der Waals surface area (Å²) in [6, 6.07) is 7.63. The molecule has 0 spiro atoms. The molecule has 0 aliphatic carbocycles. The quantitative estimate of drug-likeness (QED) is 0.822. The summed E-state index contributed by atoms with van der Waals surface area (Å²) in [5.41, 5.74) is 1.71. The molecule has 5 heteroatoms. The molecule has 1 atom stereocenters. The highest BCUT2D eigenvalue weighted by Gasteiger charge is 2.13. The van der Waals surface area contributed by atoms with E-state index in [1.54, 1.807) is 6.20 Å². The first-order chi connectivity index (χ1) is 10.6. The highest BCUT2D eigenvalue weighted by Crippen LogP contribution is 2.18. The summed E-state index contributed by atoms with van der Waals surface area (Å²) in [6.07, 6.45) is 3.45. The molecule has 0 bridgehead atoms. The fourth-order valence-corrected chi connectivity index (χ4v) is 2.32. The number of rotatable bonds is 7. The molecule has 0 radical (unpaired) electrons. The Morgan fingerprint density at radius 2 is 2.05 bits per heavy atom. The molecule has 2 heterocycles. The molecule has 0 fully saturated rings.